The van der Waals surface area contributed by atoms with Crippen LogP contribution < -0.4 is 15.2 Å². The van der Waals surface area contributed by atoms with Gasteiger partial charge in [0.1, 0.15) is 16.9 Å². The summed E-state index contributed by atoms with van der Waals surface area (Å²) in [6.07, 6.45) is -2.97. The van der Waals surface area contributed by atoms with Crippen LogP contribution in [-0.2, 0) is 5.41 Å². The molecule has 1 aromatic heterocycles. The first-order valence-corrected chi connectivity index (χ1v) is 10.5. The Morgan fingerprint density at radius 1 is 1.31 bits per heavy atom. The Hall–Kier alpha value is -2.91. The lowest BCUT2D eigenvalue weighted by Crippen LogP contribution is -2.44. The highest BCUT2D eigenvalue weighted by atomic mass is 19.4. The van der Waals surface area contributed by atoms with Crippen LogP contribution in [0.15, 0.2) is 27.8 Å². The molecule has 1 atom stereocenters. The van der Waals surface area contributed by atoms with Crippen molar-refractivity contribution in [1.29, 1.82) is 0 Å². The molecule has 1 aliphatic carbocycles. The van der Waals surface area contributed by atoms with Crippen molar-refractivity contribution in [3.05, 3.63) is 41.1 Å². The normalized spacial score (nSPS) is 17.8. The van der Waals surface area contributed by atoms with Gasteiger partial charge in [0.2, 0.25) is 5.89 Å². The number of nitrogens with zero attached hydrogens (tertiary/aromatic N) is 2. The summed E-state index contributed by atoms with van der Waals surface area (Å²) in [6.45, 7) is 3.47. The van der Waals surface area contributed by atoms with Crippen LogP contribution in [0.1, 0.15) is 74.5 Å². The Labute approximate surface area is 184 Å². The maximum Gasteiger partial charge on any atom is 0.403 e. The Morgan fingerprint density at radius 3 is 2.56 bits per heavy atom. The highest BCUT2D eigenvalue weighted by molar-refractivity contribution is 5.99. The fraction of sp³-hybridized carbons (Fsp3) is 0.545. The van der Waals surface area contributed by atoms with Crippen LogP contribution in [0.25, 0.3) is 0 Å². The van der Waals surface area contributed by atoms with Crippen molar-refractivity contribution >= 4 is 5.84 Å². The summed E-state index contributed by atoms with van der Waals surface area (Å²) >= 11 is 0. The molecule has 176 valence electrons. The highest BCUT2D eigenvalue weighted by Gasteiger charge is 2.59. The monoisotopic (exact) mass is 455 g/mol. The van der Waals surface area contributed by atoms with Crippen molar-refractivity contribution in [1.82, 2.24) is 4.98 Å². The summed E-state index contributed by atoms with van der Waals surface area (Å²) in [7, 11) is 1.43. The van der Waals surface area contributed by atoms with Gasteiger partial charge in [-0.3, -0.25) is 0 Å². The Kier molecular flexibility index (Phi) is 6.90. The number of methoxy groups -OCH3 is 1. The second kappa shape index (κ2) is 9.30. The number of amidine groups is 1. The van der Waals surface area contributed by atoms with Gasteiger partial charge < -0.3 is 24.8 Å². The van der Waals surface area contributed by atoms with E-state index in [4.69, 9.17) is 24.8 Å². The molecule has 1 saturated carbocycles. The van der Waals surface area contributed by atoms with E-state index in [2.05, 4.69) is 10.1 Å². The summed E-state index contributed by atoms with van der Waals surface area (Å²) in [5.41, 5.74) is 4.34. The quantitative estimate of drug-likeness (QED) is 0.251. The van der Waals surface area contributed by atoms with Gasteiger partial charge in [-0.1, -0.05) is 31.3 Å². The minimum absolute atomic E-state index is 0.0277. The molecule has 1 aromatic carbocycles. The van der Waals surface area contributed by atoms with Gasteiger partial charge >= 0.3 is 6.18 Å². The van der Waals surface area contributed by atoms with E-state index < -0.39 is 17.7 Å². The second-order valence-corrected chi connectivity index (χ2v) is 7.97. The van der Waals surface area contributed by atoms with E-state index >= 15 is 0 Å². The third-order valence-electron chi connectivity index (χ3n) is 5.99. The van der Waals surface area contributed by atoms with E-state index in [0.717, 1.165) is 6.42 Å². The molecule has 7 nitrogen and oxygen atoms in total. The molecule has 3 rings (SSSR count). The molecule has 0 saturated heterocycles. The molecule has 1 aliphatic rings. The standard InChI is InChI=1S/C22H28F3N3O4/c1-4-16(31-14-8-9-15(19(26)28-29)17(12-14)30-3)18-13(2)27-20(32-18)21(22(23,24)25)10-6-5-7-11-21/h8-9,12,16,29H,4-7,10-11H2,1-3H3,(H2,26,28). The number of rotatable bonds is 7. The maximum absolute atomic E-state index is 14.1. The van der Waals surface area contributed by atoms with Crippen LogP contribution in [0.5, 0.6) is 11.5 Å². The van der Waals surface area contributed by atoms with Crippen molar-refractivity contribution in [2.75, 3.05) is 7.11 Å². The molecule has 0 spiro atoms. The SMILES string of the molecule is CCC(Oc1ccc(/C(N)=N\O)c(OC)c1)c1oc(C2(C(F)(F)F)CCCCC2)nc1C. The van der Waals surface area contributed by atoms with Gasteiger partial charge in [0.15, 0.2) is 17.7 Å². The molecule has 3 N–H and O–H groups in total. The summed E-state index contributed by atoms with van der Waals surface area (Å²) in [4.78, 5) is 4.21. The number of hydrogen-bond acceptors (Lipinski definition) is 6. The number of aromatic nitrogens is 1. The Bertz CT molecular complexity index is 966. The number of aryl methyl sites for hydroxylation is 1. The van der Waals surface area contributed by atoms with E-state index in [1.54, 1.807) is 25.1 Å². The minimum Gasteiger partial charge on any atom is -0.496 e. The number of oxime groups is 1. The van der Waals surface area contributed by atoms with E-state index in [9.17, 15) is 13.2 Å². The first kappa shape index (κ1) is 23.7. The molecular weight excluding hydrogens is 427 g/mol. The van der Waals surface area contributed by atoms with Crippen LogP contribution in [0, 0.1) is 6.92 Å². The average molecular weight is 455 g/mol. The van der Waals surface area contributed by atoms with Crippen LogP contribution in [0.3, 0.4) is 0 Å². The molecule has 0 bridgehead atoms. The zero-order chi connectivity index (χ0) is 23.5. The number of alkyl halides is 3. The summed E-state index contributed by atoms with van der Waals surface area (Å²) < 4.78 is 59.3. The number of oxazole rings is 1. The van der Waals surface area contributed by atoms with Crippen molar-refractivity contribution in [2.45, 2.75) is 70.1 Å². The minimum atomic E-state index is -4.44. The van der Waals surface area contributed by atoms with Crippen molar-refractivity contribution < 1.29 is 32.3 Å². The smallest absolute Gasteiger partial charge is 0.403 e. The van der Waals surface area contributed by atoms with Gasteiger partial charge in [-0.2, -0.15) is 13.2 Å². The zero-order valence-corrected chi connectivity index (χ0v) is 18.3. The van der Waals surface area contributed by atoms with Crippen molar-refractivity contribution in [3.8, 4) is 11.5 Å². The second-order valence-electron chi connectivity index (χ2n) is 7.97. The predicted molar refractivity (Wildman–Crippen MR) is 111 cm³/mol. The van der Waals surface area contributed by atoms with Gasteiger partial charge in [0.25, 0.3) is 0 Å². The first-order valence-electron chi connectivity index (χ1n) is 10.5. The molecule has 32 heavy (non-hydrogen) atoms. The van der Waals surface area contributed by atoms with Crippen molar-refractivity contribution in [3.63, 3.8) is 0 Å². The number of ether oxygens (including phenoxy) is 2. The topological polar surface area (TPSA) is 103 Å². The summed E-state index contributed by atoms with van der Waals surface area (Å²) in [6, 6.07) is 4.72. The lowest BCUT2D eigenvalue weighted by molar-refractivity contribution is -0.206. The van der Waals surface area contributed by atoms with Gasteiger partial charge in [-0.15, -0.1) is 0 Å². The van der Waals surface area contributed by atoms with Gasteiger partial charge in [-0.25, -0.2) is 4.98 Å². The maximum atomic E-state index is 14.1. The molecule has 1 unspecified atom stereocenters. The highest BCUT2D eigenvalue weighted by Crippen LogP contribution is 2.51. The van der Waals surface area contributed by atoms with Gasteiger partial charge in [0, 0.05) is 6.07 Å². The molecule has 10 heteroatoms. The molecule has 0 radical (unpaired) electrons. The van der Waals surface area contributed by atoms with Crippen LogP contribution in [0.2, 0.25) is 0 Å². The number of hydrogen-bond donors (Lipinski definition) is 2. The van der Waals surface area contributed by atoms with Gasteiger partial charge in [-0.05, 0) is 38.3 Å². The molecule has 1 heterocycles. The number of nitrogens with two attached hydrogens (primary N) is 1. The molecule has 0 aliphatic heterocycles. The third-order valence-corrected chi connectivity index (χ3v) is 5.99. The lowest BCUT2D eigenvalue weighted by Gasteiger charge is -2.36. The molecular formula is C22H28F3N3O4. The number of halogens is 3. The lowest BCUT2D eigenvalue weighted by atomic mass is 9.73. The van der Waals surface area contributed by atoms with Crippen molar-refractivity contribution in [2.24, 2.45) is 10.9 Å². The van der Waals surface area contributed by atoms with E-state index in [-0.39, 0.29) is 30.3 Å². The fourth-order valence-electron chi connectivity index (χ4n) is 4.18. The average Bonchev–Trinajstić information content (AvgIpc) is 3.18. The summed E-state index contributed by atoms with van der Waals surface area (Å²) in [5.74, 6) is 0.584. The van der Waals surface area contributed by atoms with E-state index in [1.807, 2.05) is 6.92 Å². The third kappa shape index (κ3) is 4.35. The number of benzene rings is 1. The first-order chi connectivity index (χ1) is 15.2. The molecule has 0 amide bonds. The van der Waals surface area contributed by atoms with Crippen LogP contribution >= 0.6 is 0 Å². The largest absolute Gasteiger partial charge is 0.496 e. The van der Waals surface area contributed by atoms with Crippen LogP contribution in [-0.4, -0.2) is 29.3 Å². The summed E-state index contributed by atoms with van der Waals surface area (Å²) in [5, 5.41) is 11.9. The van der Waals surface area contributed by atoms with Crippen LogP contribution in [0.4, 0.5) is 13.2 Å². The zero-order valence-electron chi connectivity index (χ0n) is 18.3. The van der Waals surface area contributed by atoms with E-state index in [1.165, 1.54) is 7.11 Å². The Balaban J connectivity index is 1.93. The molecule has 1 fully saturated rings. The fourth-order valence-corrected chi connectivity index (χ4v) is 4.18. The van der Waals surface area contributed by atoms with Gasteiger partial charge in [0.05, 0.1) is 18.4 Å². The van der Waals surface area contributed by atoms with E-state index in [0.29, 0.717) is 42.0 Å². The Morgan fingerprint density at radius 2 is 2.00 bits per heavy atom. The predicted octanol–water partition coefficient (Wildman–Crippen LogP) is 5.38. The molecule has 2 aromatic rings.